The first-order chi connectivity index (χ1) is 15.1. The summed E-state index contributed by atoms with van der Waals surface area (Å²) < 4.78 is 0. The van der Waals surface area contributed by atoms with Crippen molar-refractivity contribution >= 4 is 11.4 Å². The van der Waals surface area contributed by atoms with Crippen molar-refractivity contribution in [2.24, 2.45) is 16.7 Å². The molecule has 2 fully saturated rings. The molecule has 4 aliphatic rings. The first-order valence-corrected chi connectivity index (χ1v) is 10.8. The van der Waals surface area contributed by atoms with Gasteiger partial charge in [0.05, 0.1) is 6.04 Å². The van der Waals surface area contributed by atoms with Gasteiger partial charge in [-0.1, -0.05) is 20.8 Å². The average Bonchev–Trinajstić information content (AvgIpc) is 3.09. The van der Waals surface area contributed by atoms with Crippen LogP contribution in [0.15, 0.2) is 72.2 Å². The van der Waals surface area contributed by atoms with Crippen molar-refractivity contribution in [1.29, 1.82) is 0 Å². The van der Waals surface area contributed by atoms with Gasteiger partial charge in [-0.3, -0.25) is 0 Å². The zero-order chi connectivity index (χ0) is 23.1. The maximum absolute atomic E-state index is 10.9. The molecule has 0 unspecified atom stereocenters. The molecule has 0 aliphatic heterocycles. The average molecular weight is 437 g/mol. The van der Waals surface area contributed by atoms with Crippen LogP contribution >= 0.6 is 0 Å². The summed E-state index contributed by atoms with van der Waals surface area (Å²) in [6.45, 7) is 7.00. The van der Waals surface area contributed by atoms with Gasteiger partial charge in [0.15, 0.2) is 0 Å². The van der Waals surface area contributed by atoms with Crippen molar-refractivity contribution in [3.05, 3.63) is 93.0 Å². The molecule has 0 aromatic heterocycles. The van der Waals surface area contributed by atoms with E-state index < -0.39 is 9.80 Å². The van der Waals surface area contributed by atoms with E-state index >= 15 is 0 Å². The van der Waals surface area contributed by atoms with Gasteiger partial charge in [0.2, 0.25) is 11.4 Å². The molecule has 8 nitrogen and oxygen atoms in total. The van der Waals surface area contributed by atoms with Gasteiger partial charge in [0.25, 0.3) is 0 Å². The summed E-state index contributed by atoms with van der Waals surface area (Å²) in [5.41, 5.74) is 2.14. The van der Waals surface area contributed by atoms with E-state index in [4.69, 9.17) is 0 Å². The molecule has 0 saturated heterocycles. The Morgan fingerprint density at radius 3 is 1.72 bits per heavy atom. The summed E-state index contributed by atoms with van der Waals surface area (Å²) in [6.07, 6.45) is 19.2. The quantitative estimate of drug-likeness (QED) is 0.515. The van der Waals surface area contributed by atoms with E-state index in [0.29, 0.717) is 5.92 Å². The van der Waals surface area contributed by atoms with E-state index in [1.54, 1.807) is 24.3 Å². The Morgan fingerprint density at radius 2 is 1.25 bits per heavy atom. The van der Waals surface area contributed by atoms with Crippen molar-refractivity contribution in [1.82, 2.24) is 10.6 Å². The number of hydrogen-bond acceptors (Lipinski definition) is 6. The van der Waals surface area contributed by atoms with Crippen LogP contribution in [0.25, 0.3) is 0 Å². The maximum atomic E-state index is 10.9. The Balaban J connectivity index is 1.54. The van der Waals surface area contributed by atoms with Gasteiger partial charge in [-0.05, 0) is 65.0 Å². The topological polar surface area (TPSA) is 122 Å². The predicted molar refractivity (Wildman–Crippen MR) is 125 cm³/mol. The highest BCUT2D eigenvalue weighted by molar-refractivity contribution is 6.03. The minimum absolute atomic E-state index is 0.0763. The smallest absolute Gasteiger partial charge is 0.222 e. The molecule has 8 heteroatoms. The summed E-state index contributed by atoms with van der Waals surface area (Å²) in [5.74, 6) is 0.476. The molecule has 0 aromatic carbocycles. The summed E-state index contributed by atoms with van der Waals surface area (Å²) in [7, 11) is 0. The summed E-state index contributed by atoms with van der Waals surface area (Å²) in [6, 6.07) is 0.356. The van der Waals surface area contributed by atoms with E-state index in [1.807, 2.05) is 12.4 Å². The second kappa shape index (κ2) is 7.93. The molecule has 0 amide bonds. The largest absolute Gasteiger partial charge is 0.612 e. The third-order valence-electron chi connectivity index (χ3n) is 7.93. The Morgan fingerprint density at radius 1 is 0.781 bits per heavy atom. The molecule has 0 heterocycles. The first kappa shape index (κ1) is 21.8. The molecule has 4 rings (SSSR count). The van der Waals surface area contributed by atoms with Crippen LogP contribution in [0.3, 0.4) is 0 Å². The lowest BCUT2D eigenvalue weighted by atomic mass is 9.69. The van der Waals surface area contributed by atoms with Crippen LogP contribution in [0.1, 0.15) is 33.6 Å². The zero-order valence-corrected chi connectivity index (χ0v) is 18.4. The van der Waals surface area contributed by atoms with Gasteiger partial charge in [0.1, 0.15) is 0 Å². The van der Waals surface area contributed by atoms with E-state index in [1.165, 1.54) is 24.3 Å². The van der Waals surface area contributed by atoms with E-state index in [-0.39, 0.29) is 34.3 Å². The van der Waals surface area contributed by atoms with Crippen molar-refractivity contribution < 1.29 is 9.80 Å². The second-order valence-corrected chi connectivity index (χ2v) is 9.61. The van der Waals surface area contributed by atoms with Gasteiger partial charge < -0.3 is 31.5 Å². The van der Waals surface area contributed by atoms with Gasteiger partial charge >= 0.3 is 0 Å². The van der Waals surface area contributed by atoms with Crippen LogP contribution < -0.4 is 10.6 Å². The van der Waals surface area contributed by atoms with Crippen molar-refractivity contribution in [3.8, 4) is 0 Å². The molecule has 4 aliphatic carbocycles. The molecule has 2 saturated carbocycles. The highest BCUT2D eigenvalue weighted by Gasteiger charge is 2.65. The molecule has 0 aromatic rings. The standard InChI is InChI=1S/C24H28N4O4/c1-23(2)20-12-13-24(23,3)22(26-15-17-6-10-19(11-7-17)28(31)32)21(20)25-14-16-4-8-18(9-5-16)27(29)30/h4-11,14-15,20-22,25-26H,12-13H2,1-3H3/q-2/t20-,21-,22-,24+/m1/s1. The lowest BCUT2D eigenvalue weighted by molar-refractivity contribution is -0.377. The highest BCUT2D eigenvalue weighted by atomic mass is 16.8. The number of nitrogens with zero attached hydrogens (tertiary/aromatic N) is 2. The molecule has 32 heavy (non-hydrogen) atoms. The SMILES string of the molecule is CC1(C)[C@@H]2CC[C@@]1(C)[C@H](NC=C1C=CC(=[N+]([O-])[O-])C=C1)[C@@H]2NC=C1C=CC(=[N+]([O-])[O-])C=C1. The fourth-order valence-corrected chi connectivity index (χ4v) is 5.64. The molecular weight excluding hydrogens is 408 g/mol. The van der Waals surface area contributed by atoms with Crippen molar-refractivity contribution in [3.63, 3.8) is 0 Å². The first-order valence-electron chi connectivity index (χ1n) is 10.8. The number of rotatable bonds is 4. The minimum atomic E-state index is -0.398. The Kier molecular flexibility index (Phi) is 5.40. The number of nitrogens with one attached hydrogen (secondary N) is 2. The number of fused-ring (bicyclic) bond motifs is 2. The van der Waals surface area contributed by atoms with Gasteiger partial charge in [-0.25, -0.2) is 0 Å². The fraction of sp³-hybridized carbons (Fsp3) is 0.417. The predicted octanol–water partition coefficient (Wildman–Crippen LogP) is 3.28. The number of allylic oxidation sites excluding steroid dienone is 10. The molecule has 170 valence electrons. The molecule has 4 atom stereocenters. The van der Waals surface area contributed by atoms with Crippen LogP contribution in [0.5, 0.6) is 0 Å². The number of hydrogen-bond donors (Lipinski definition) is 2. The summed E-state index contributed by atoms with van der Waals surface area (Å²) >= 11 is 0. The Hall–Kier alpha value is -3.42. The fourth-order valence-electron chi connectivity index (χ4n) is 5.64. The van der Waals surface area contributed by atoms with Crippen LogP contribution in [0.4, 0.5) is 0 Å². The summed E-state index contributed by atoms with van der Waals surface area (Å²) in [5, 5.41) is 50.8. The molecular formula is C24H28N4O4-2. The lowest BCUT2D eigenvalue weighted by Crippen LogP contribution is -2.52. The molecule has 0 spiro atoms. The van der Waals surface area contributed by atoms with Crippen LogP contribution in [0.2, 0.25) is 0 Å². The summed E-state index contributed by atoms with van der Waals surface area (Å²) in [4.78, 5) is -0.796. The highest BCUT2D eigenvalue weighted by Crippen LogP contribution is 2.65. The van der Waals surface area contributed by atoms with E-state index in [9.17, 15) is 20.8 Å². The Bertz CT molecular complexity index is 1000. The van der Waals surface area contributed by atoms with Crippen molar-refractivity contribution in [2.75, 3.05) is 0 Å². The van der Waals surface area contributed by atoms with Crippen molar-refractivity contribution in [2.45, 2.75) is 45.7 Å². The Labute approximate surface area is 187 Å². The third kappa shape index (κ3) is 3.59. The van der Waals surface area contributed by atoms with Gasteiger partial charge in [0, 0.05) is 42.7 Å². The van der Waals surface area contributed by atoms with Crippen LogP contribution in [-0.4, -0.2) is 33.3 Å². The zero-order valence-electron chi connectivity index (χ0n) is 18.4. The van der Waals surface area contributed by atoms with Gasteiger partial charge in [-0.15, -0.1) is 0 Å². The van der Waals surface area contributed by atoms with Gasteiger partial charge in [-0.2, -0.15) is 9.80 Å². The van der Waals surface area contributed by atoms with Crippen LogP contribution in [-0.2, 0) is 0 Å². The normalized spacial score (nSPS) is 31.8. The lowest BCUT2D eigenvalue weighted by Gasteiger charge is -2.40. The van der Waals surface area contributed by atoms with Crippen LogP contribution in [0, 0.1) is 37.6 Å². The molecule has 0 radical (unpaired) electrons. The monoisotopic (exact) mass is 436 g/mol. The van der Waals surface area contributed by atoms with E-state index in [0.717, 1.165) is 24.0 Å². The maximum Gasteiger partial charge on any atom is 0.222 e. The minimum Gasteiger partial charge on any atom is -0.612 e. The van der Waals surface area contributed by atoms with E-state index in [2.05, 4.69) is 31.4 Å². The molecule has 2 N–H and O–H groups in total. The molecule has 2 bridgehead atoms. The second-order valence-electron chi connectivity index (χ2n) is 9.61. The third-order valence-corrected chi connectivity index (χ3v) is 7.93.